The number of nitrogens with one attached hydrogen (secondary N) is 2. The number of aryl methyl sites for hydroxylation is 2. The average Bonchev–Trinajstić information content (AvgIpc) is 3.50. The summed E-state index contributed by atoms with van der Waals surface area (Å²) in [5.41, 5.74) is 6.13. The van der Waals surface area contributed by atoms with Crippen molar-refractivity contribution in [2.45, 2.75) is 13.8 Å². The van der Waals surface area contributed by atoms with Gasteiger partial charge in [-0.1, -0.05) is 30.0 Å². The van der Waals surface area contributed by atoms with Crippen LogP contribution in [0.4, 0.5) is 5.69 Å². The van der Waals surface area contributed by atoms with Gasteiger partial charge in [-0.3, -0.25) is 19.8 Å². The van der Waals surface area contributed by atoms with Crippen LogP contribution in [-0.4, -0.2) is 40.8 Å². The Bertz CT molecular complexity index is 1400. The number of carbonyl (C=O) groups excluding carboxylic acids is 3. The van der Waals surface area contributed by atoms with Crippen molar-refractivity contribution >= 4 is 69.1 Å². The van der Waals surface area contributed by atoms with Crippen molar-refractivity contribution in [3.8, 4) is 11.5 Å². The van der Waals surface area contributed by atoms with E-state index in [1.54, 1.807) is 41.8 Å². The number of hydrogen-bond donors (Lipinski definition) is 2. The van der Waals surface area contributed by atoms with Crippen LogP contribution in [0.15, 0.2) is 58.8 Å². The van der Waals surface area contributed by atoms with Crippen LogP contribution in [0, 0.1) is 13.8 Å². The maximum Gasteiger partial charge on any atom is 0.285 e. The van der Waals surface area contributed by atoms with Crippen LogP contribution in [0.1, 0.15) is 26.4 Å². The summed E-state index contributed by atoms with van der Waals surface area (Å²) >= 11 is 7.63. The Kier molecular flexibility index (Phi) is 8.27. The van der Waals surface area contributed by atoms with E-state index in [0.29, 0.717) is 32.5 Å². The van der Waals surface area contributed by atoms with E-state index in [2.05, 4.69) is 10.7 Å². The van der Waals surface area contributed by atoms with Gasteiger partial charge in [-0.15, -0.1) is 11.3 Å². The number of anilines is 1. The normalized spacial score (nSPS) is 14.1. The van der Waals surface area contributed by atoms with Gasteiger partial charge in [-0.05, 0) is 84.5 Å². The van der Waals surface area contributed by atoms with Crippen molar-refractivity contribution in [1.29, 1.82) is 0 Å². The summed E-state index contributed by atoms with van der Waals surface area (Å²) in [6.45, 7) is 3.78. The molecule has 0 bridgehead atoms. The molecule has 2 heterocycles. The van der Waals surface area contributed by atoms with Gasteiger partial charge in [0.15, 0.2) is 22.4 Å². The number of hydrogen-bond acceptors (Lipinski definition) is 8. The molecule has 0 aliphatic carbocycles. The number of hydrazine groups is 1. The highest BCUT2D eigenvalue weighted by molar-refractivity contribution is 8.26. The molecule has 0 unspecified atom stereocenters. The Labute approximate surface area is 227 Å². The predicted octanol–water partition coefficient (Wildman–Crippen LogP) is 4.94. The zero-order valence-electron chi connectivity index (χ0n) is 20.2. The summed E-state index contributed by atoms with van der Waals surface area (Å²) in [6.07, 6.45) is 1.65. The molecule has 3 amide bonds. The number of thiocarbonyl (C=S) groups is 1. The van der Waals surface area contributed by atoms with Gasteiger partial charge in [0, 0.05) is 5.69 Å². The average molecular weight is 554 g/mol. The summed E-state index contributed by atoms with van der Waals surface area (Å²) < 4.78 is 11.3. The van der Waals surface area contributed by atoms with E-state index < -0.39 is 11.8 Å². The second-order valence-electron chi connectivity index (χ2n) is 7.98. The number of nitrogens with zero attached hydrogens (tertiary/aromatic N) is 1. The fraction of sp³-hybridized carbons (Fsp3) is 0.154. The third-order valence-corrected chi connectivity index (χ3v) is 7.56. The molecule has 0 spiro atoms. The first-order valence-electron chi connectivity index (χ1n) is 11.1. The molecule has 1 saturated heterocycles. The van der Waals surface area contributed by atoms with Crippen molar-refractivity contribution in [2.75, 3.05) is 19.0 Å². The molecule has 0 radical (unpaired) electrons. The predicted molar refractivity (Wildman–Crippen MR) is 150 cm³/mol. The lowest BCUT2D eigenvalue weighted by Gasteiger charge is -2.14. The Balaban J connectivity index is 1.40. The van der Waals surface area contributed by atoms with Gasteiger partial charge in [-0.2, -0.15) is 5.01 Å². The molecule has 11 heteroatoms. The van der Waals surface area contributed by atoms with E-state index in [9.17, 15) is 14.4 Å². The molecule has 8 nitrogen and oxygen atoms in total. The van der Waals surface area contributed by atoms with E-state index in [0.717, 1.165) is 27.9 Å². The molecule has 1 aliphatic heterocycles. The second-order valence-corrected chi connectivity index (χ2v) is 10.6. The molecule has 1 fully saturated rings. The Hall–Kier alpha value is -3.67. The van der Waals surface area contributed by atoms with Crippen molar-refractivity contribution in [3.63, 3.8) is 0 Å². The van der Waals surface area contributed by atoms with Crippen LogP contribution < -0.4 is 20.2 Å². The smallest absolute Gasteiger partial charge is 0.285 e. The zero-order valence-corrected chi connectivity index (χ0v) is 22.6. The van der Waals surface area contributed by atoms with Crippen LogP contribution in [0.2, 0.25) is 0 Å². The van der Waals surface area contributed by atoms with E-state index in [1.807, 2.05) is 32.0 Å². The fourth-order valence-electron chi connectivity index (χ4n) is 3.33. The van der Waals surface area contributed by atoms with Crippen molar-refractivity contribution in [3.05, 3.63) is 80.4 Å². The number of benzene rings is 2. The molecule has 37 heavy (non-hydrogen) atoms. The molecular formula is C26H23N3O5S3. The van der Waals surface area contributed by atoms with Crippen molar-refractivity contribution in [2.24, 2.45) is 0 Å². The summed E-state index contributed by atoms with van der Waals surface area (Å²) in [5.74, 6) is -0.359. The van der Waals surface area contributed by atoms with Crippen molar-refractivity contribution < 1.29 is 23.9 Å². The number of carbonyl (C=O) groups is 3. The van der Waals surface area contributed by atoms with Gasteiger partial charge >= 0.3 is 0 Å². The molecule has 190 valence electrons. The van der Waals surface area contributed by atoms with Crippen LogP contribution >= 0.6 is 35.3 Å². The molecule has 0 atom stereocenters. The first kappa shape index (κ1) is 26.4. The largest absolute Gasteiger partial charge is 0.493 e. The first-order chi connectivity index (χ1) is 17.7. The van der Waals surface area contributed by atoms with Gasteiger partial charge in [0.25, 0.3) is 17.7 Å². The number of methoxy groups -OCH3 is 1. The Morgan fingerprint density at radius 3 is 2.59 bits per heavy atom. The maximum atomic E-state index is 12.9. The lowest BCUT2D eigenvalue weighted by Crippen LogP contribution is -2.44. The zero-order chi connectivity index (χ0) is 26.5. The molecular weight excluding hydrogens is 531 g/mol. The van der Waals surface area contributed by atoms with E-state index >= 15 is 0 Å². The highest BCUT2D eigenvalue weighted by Crippen LogP contribution is 2.34. The van der Waals surface area contributed by atoms with Gasteiger partial charge in [0.1, 0.15) is 0 Å². The monoisotopic (exact) mass is 553 g/mol. The van der Waals surface area contributed by atoms with E-state index in [-0.39, 0.29) is 16.8 Å². The van der Waals surface area contributed by atoms with Crippen LogP contribution in [0.5, 0.6) is 11.5 Å². The lowest BCUT2D eigenvalue weighted by molar-refractivity contribution is -0.123. The number of amides is 3. The van der Waals surface area contributed by atoms with Gasteiger partial charge in [0.05, 0.1) is 16.9 Å². The lowest BCUT2D eigenvalue weighted by atomic mass is 10.1. The quantitative estimate of drug-likeness (QED) is 0.301. The van der Waals surface area contributed by atoms with E-state index in [4.69, 9.17) is 21.7 Å². The third-order valence-electron chi connectivity index (χ3n) is 5.39. The van der Waals surface area contributed by atoms with Crippen molar-refractivity contribution in [1.82, 2.24) is 10.4 Å². The molecule has 2 aromatic carbocycles. The first-order valence-corrected chi connectivity index (χ1v) is 13.2. The molecule has 3 aromatic rings. The van der Waals surface area contributed by atoms with Crippen LogP contribution in [0.25, 0.3) is 6.08 Å². The highest BCUT2D eigenvalue weighted by Gasteiger charge is 2.34. The van der Waals surface area contributed by atoms with Gasteiger partial charge in [0.2, 0.25) is 0 Å². The second kappa shape index (κ2) is 11.6. The third kappa shape index (κ3) is 6.37. The SMILES string of the molecule is COc1cc(/C=C2/SC(=S)N(NC(=O)c3cccs3)C2=O)ccc1OCC(=O)Nc1ccc(C)c(C)c1. The minimum absolute atomic E-state index is 0.203. The summed E-state index contributed by atoms with van der Waals surface area (Å²) in [5, 5.41) is 5.65. The van der Waals surface area contributed by atoms with E-state index in [1.165, 1.54) is 18.4 Å². The molecule has 0 saturated carbocycles. The molecule has 1 aliphatic rings. The molecule has 2 N–H and O–H groups in total. The fourth-order valence-corrected chi connectivity index (χ4v) is 5.13. The van der Waals surface area contributed by atoms with Gasteiger partial charge < -0.3 is 14.8 Å². The summed E-state index contributed by atoms with van der Waals surface area (Å²) in [4.78, 5) is 38.4. The minimum Gasteiger partial charge on any atom is -0.493 e. The minimum atomic E-state index is -0.429. The van der Waals surface area contributed by atoms with Crippen LogP contribution in [-0.2, 0) is 9.59 Å². The Morgan fingerprint density at radius 2 is 1.89 bits per heavy atom. The number of thioether (sulfide) groups is 1. The number of ether oxygens (including phenoxy) is 2. The summed E-state index contributed by atoms with van der Waals surface area (Å²) in [6, 6.07) is 14.2. The molecule has 4 rings (SSSR count). The van der Waals surface area contributed by atoms with Gasteiger partial charge in [-0.25, -0.2) is 0 Å². The summed E-state index contributed by atoms with van der Waals surface area (Å²) in [7, 11) is 1.49. The Morgan fingerprint density at radius 1 is 1.08 bits per heavy atom. The van der Waals surface area contributed by atoms with Crippen LogP contribution in [0.3, 0.4) is 0 Å². The number of rotatable bonds is 8. The maximum absolute atomic E-state index is 12.9. The topological polar surface area (TPSA) is 97.0 Å². The molecule has 1 aromatic heterocycles. The highest BCUT2D eigenvalue weighted by atomic mass is 32.2. The number of thiophene rings is 1. The standard InChI is InChI=1S/C26H23N3O5S3/c1-15-6-8-18(11-16(15)2)27-23(30)14-34-19-9-7-17(12-20(19)33-3)13-22-25(32)29(26(35)37-22)28-24(31)21-5-4-10-36-21/h4-13H,14H2,1-3H3,(H,27,30)(H,28,31)/b22-13+.